The van der Waals surface area contributed by atoms with Crippen LogP contribution in [0.5, 0.6) is 0 Å². The Kier molecular flexibility index (Phi) is 3.32. The van der Waals surface area contributed by atoms with Gasteiger partial charge in [-0.2, -0.15) is 0 Å². The van der Waals surface area contributed by atoms with E-state index in [1.165, 1.54) is 5.56 Å². The van der Waals surface area contributed by atoms with Crippen molar-refractivity contribution in [1.82, 2.24) is 5.32 Å². The minimum Gasteiger partial charge on any atom is -0.459 e. The highest BCUT2D eigenvalue weighted by Crippen LogP contribution is 2.34. The Morgan fingerprint density at radius 2 is 2.15 bits per heavy atom. The van der Waals surface area contributed by atoms with Crippen LogP contribution in [-0.4, -0.2) is 19.5 Å². The molecule has 0 aliphatic carbocycles. The fourth-order valence-electron chi connectivity index (χ4n) is 2.79. The van der Waals surface area contributed by atoms with Gasteiger partial charge in [-0.1, -0.05) is 18.2 Å². The second kappa shape index (κ2) is 5.13. The number of amides is 1. The van der Waals surface area contributed by atoms with E-state index in [1.54, 1.807) is 6.26 Å². The van der Waals surface area contributed by atoms with Crippen molar-refractivity contribution in [3.05, 3.63) is 53.5 Å². The SMILES string of the molecule is CNC1CCN(C(=O)c2occc2C)c2ccccc21. The van der Waals surface area contributed by atoms with Crippen molar-refractivity contribution in [1.29, 1.82) is 0 Å². The first-order valence-electron chi connectivity index (χ1n) is 6.84. The molecule has 0 saturated heterocycles. The van der Waals surface area contributed by atoms with Gasteiger partial charge in [-0.05, 0) is 38.1 Å². The normalized spacial score (nSPS) is 17.9. The molecule has 0 saturated carbocycles. The van der Waals surface area contributed by atoms with Crippen LogP contribution < -0.4 is 10.2 Å². The molecule has 2 aromatic rings. The molecule has 1 amide bonds. The van der Waals surface area contributed by atoms with Crippen LogP contribution in [0.2, 0.25) is 0 Å². The van der Waals surface area contributed by atoms with Gasteiger partial charge in [0.05, 0.1) is 6.26 Å². The number of fused-ring (bicyclic) bond motifs is 1. The zero-order valence-corrected chi connectivity index (χ0v) is 11.7. The summed E-state index contributed by atoms with van der Waals surface area (Å²) >= 11 is 0. The van der Waals surface area contributed by atoms with E-state index < -0.39 is 0 Å². The van der Waals surface area contributed by atoms with Crippen LogP contribution in [0.1, 0.15) is 34.1 Å². The fourth-order valence-corrected chi connectivity index (χ4v) is 2.79. The zero-order chi connectivity index (χ0) is 14.1. The molecule has 20 heavy (non-hydrogen) atoms. The van der Waals surface area contributed by atoms with Crippen molar-refractivity contribution in [3.63, 3.8) is 0 Å². The Labute approximate surface area is 118 Å². The van der Waals surface area contributed by atoms with E-state index in [0.29, 0.717) is 18.3 Å². The Morgan fingerprint density at radius 3 is 2.85 bits per heavy atom. The van der Waals surface area contributed by atoms with Gasteiger partial charge >= 0.3 is 0 Å². The molecule has 1 aliphatic rings. The molecular weight excluding hydrogens is 252 g/mol. The molecule has 0 radical (unpaired) electrons. The lowest BCUT2D eigenvalue weighted by atomic mass is 9.96. The first-order chi connectivity index (χ1) is 9.72. The van der Waals surface area contributed by atoms with Gasteiger partial charge in [0.2, 0.25) is 0 Å². The van der Waals surface area contributed by atoms with Crippen LogP contribution in [0, 0.1) is 6.92 Å². The first-order valence-corrected chi connectivity index (χ1v) is 6.84. The standard InChI is InChI=1S/C16H18N2O2/c1-11-8-10-20-15(11)16(19)18-9-7-13(17-2)12-5-3-4-6-14(12)18/h3-6,8,10,13,17H,7,9H2,1-2H3. The average molecular weight is 270 g/mol. The maximum atomic E-state index is 12.7. The van der Waals surface area contributed by atoms with Crippen molar-refractivity contribution in [3.8, 4) is 0 Å². The maximum absolute atomic E-state index is 12.7. The maximum Gasteiger partial charge on any atom is 0.294 e. The molecule has 1 aromatic carbocycles. The highest BCUT2D eigenvalue weighted by molar-refractivity contribution is 6.05. The van der Waals surface area contributed by atoms with Gasteiger partial charge in [-0.15, -0.1) is 0 Å². The summed E-state index contributed by atoms with van der Waals surface area (Å²) in [5.74, 6) is 0.372. The van der Waals surface area contributed by atoms with Gasteiger partial charge in [0.25, 0.3) is 5.91 Å². The second-order valence-electron chi connectivity index (χ2n) is 5.08. The van der Waals surface area contributed by atoms with E-state index in [0.717, 1.165) is 17.7 Å². The number of hydrogen-bond acceptors (Lipinski definition) is 3. The lowest BCUT2D eigenvalue weighted by molar-refractivity contribution is 0.0956. The molecule has 1 N–H and O–H groups in total. The van der Waals surface area contributed by atoms with Crippen LogP contribution in [0.3, 0.4) is 0 Å². The summed E-state index contributed by atoms with van der Waals surface area (Å²) in [5, 5.41) is 3.30. The quantitative estimate of drug-likeness (QED) is 0.912. The molecule has 4 nitrogen and oxygen atoms in total. The number of anilines is 1. The van der Waals surface area contributed by atoms with Gasteiger partial charge < -0.3 is 14.6 Å². The Hall–Kier alpha value is -2.07. The van der Waals surface area contributed by atoms with E-state index >= 15 is 0 Å². The summed E-state index contributed by atoms with van der Waals surface area (Å²) in [6, 6.07) is 10.2. The molecule has 0 spiro atoms. The molecule has 1 unspecified atom stereocenters. The lowest BCUT2D eigenvalue weighted by Crippen LogP contribution is -2.39. The van der Waals surface area contributed by atoms with Gasteiger partial charge in [0.1, 0.15) is 0 Å². The minimum absolute atomic E-state index is 0.0606. The summed E-state index contributed by atoms with van der Waals surface area (Å²) in [6.45, 7) is 2.59. The molecule has 4 heteroatoms. The summed E-state index contributed by atoms with van der Waals surface area (Å²) in [7, 11) is 1.95. The number of rotatable bonds is 2. The highest BCUT2D eigenvalue weighted by atomic mass is 16.3. The topological polar surface area (TPSA) is 45.5 Å². The number of carbonyl (C=O) groups excluding carboxylic acids is 1. The summed E-state index contributed by atoms with van der Waals surface area (Å²) in [4.78, 5) is 14.5. The number of para-hydroxylation sites is 1. The third-order valence-corrected chi connectivity index (χ3v) is 3.89. The van der Waals surface area contributed by atoms with Gasteiger partial charge in [-0.25, -0.2) is 0 Å². The van der Waals surface area contributed by atoms with Crippen LogP contribution in [0.4, 0.5) is 5.69 Å². The van der Waals surface area contributed by atoms with Crippen LogP contribution in [-0.2, 0) is 0 Å². The molecule has 1 aromatic heterocycles. The smallest absolute Gasteiger partial charge is 0.294 e. The van der Waals surface area contributed by atoms with Crippen LogP contribution >= 0.6 is 0 Å². The fraction of sp³-hybridized carbons (Fsp3) is 0.312. The van der Waals surface area contributed by atoms with Crippen molar-refractivity contribution >= 4 is 11.6 Å². The molecule has 104 valence electrons. The first kappa shape index (κ1) is 12.9. The Bertz CT molecular complexity index is 633. The van der Waals surface area contributed by atoms with Crippen LogP contribution in [0.15, 0.2) is 41.0 Å². The number of carbonyl (C=O) groups is 1. The zero-order valence-electron chi connectivity index (χ0n) is 11.7. The predicted molar refractivity (Wildman–Crippen MR) is 78.0 cm³/mol. The summed E-state index contributed by atoms with van der Waals surface area (Å²) in [5.41, 5.74) is 3.01. The molecular formula is C16H18N2O2. The number of furan rings is 1. The summed E-state index contributed by atoms with van der Waals surface area (Å²) < 4.78 is 5.34. The predicted octanol–water partition coefficient (Wildman–Crippen LogP) is 2.90. The van der Waals surface area contributed by atoms with Crippen molar-refractivity contribution in [2.75, 3.05) is 18.5 Å². The number of hydrogen-bond donors (Lipinski definition) is 1. The molecule has 1 aliphatic heterocycles. The van der Waals surface area contributed by atoms with Crippen molar-refractivity contribution < 1.29 is 9.21 Å². The van der Waals surface area contributed by atoms with Crippen molar-refractivity contribution in [2.24, 2.45) is 0 Å². The average Bonchev–Trinajstić information content (AvgIpc) is 2.91. The Balaban J connectivity index is 2.00. The van der Waals surface area contributed by atoms with Crippen LogP contribution in [0.25, 0.3) is 0 Å². The van der Waals surface area contributed by atoms with Gasteiger partial charge in [-0.3, -0.25) is 4.79 Å². The minimum atomic E-state index is -0.0606. The third kappa shape index (κ3) is 2.02. The number of aryl methyl sites for hydroxylation is 1. The van der Waals surface area contributed by atoms with E-state index in [4.69, 9.17) is 4.42 Å². The van der Waals surface area contributed by atoms with Gasteiger partial charge in [0, 0.05) is 23.8 Å². The molecule has 3 rings (SSSR count). The molecule has 0 fully saturated rings. The number of nitrogens with zero attached hydrogens (tertiary/aromatic N) is 1. The second-order valence-corrected chi connectivity index (χ2v) is 5.08. The largest absolute Gasteiger partial charge is 0.459 e. The van der Waals surface area contributed by atoms with Crippen molar-refractivity contribution in [2.45, 2.75) is 19.4 Å². The third-order valence-electron chi connectivity index (χ3n) is 3.89. The van der Waals surface area contributed by atoms with E-state index in [-0.39, 0.29) is 5.91 Å². The monoisotopic (exact) mass is 270 g/mol. The molecule has 2 heterocycles. The summed E-state index contributed by atoms with van der Waals surface area (Å²) in [6.07, 6.45) is 2.47. The Morgan fingerprint density at radius 1 is 1.35 bits per heavy atom. The van der Waals surface area contributed by atoms with E-state index in [2.05, 4.69) is 11.4 Å². The highest BCUT2D eigenvalue weighted by Gasteiger charge is 2.30. The molecule has 0 bridgehead atoms. The van der Waals surface area contributed by atoms with E-state index in [1.807, 2.05) is 43.1 Å². The molecule has 1 atom stereocenters. The number of benzene rings is 1. The number of nitrogens with one attached hydrogen (secondary N) is 1. The van der Waals surface area contributed by atoms with Gasteiger partial charge in [0.15, 0.2) is 5.76 Å². The van der Waals surface area contributed by atoms with E-state index in [9.17, 15) is 4.79 Å². The lowest BCUT2D eigenvalue weighted by Gasteiger charge is -2.33.